The fourth-order valence-electron chi connectivity index (χ4n) is 2.03. The summed E-state index contributed by atoms with van der Waals surface area (Å²) in [5, 5.41) is 8.16. The molecule has 2 aromatic carbocycles. The minimum Gasteiger partial charge on any atom is -0.353 e. The Labute approximate surface area is 150 Å². The van der Waals surface area contributed by atoms with E-state index in [-0.39, 0.29) is 37.4 Å². The first kappa shape index (κ1) is 18.5. The summed E-state index contributed by atoms with van der Waals surface area (Å²) < 4.78 is 0. The van der Waals surface area contributed by atoms with Crippen molar-refractivity contribution < 1.29 is 14.4 Å². The van der Waals surface area contributed by atoms with Crippen molar-refractivity contribution in [1.82, 2.24) is 16.0 Å². The lowest BCUT2D eigenvalue weighted by Gasteiger charge is -2.09. The molecule has 0 bridgehead atoms. The van der Waals surface area contributed by atoms with Gasteiger partial charge in [0, 0.05) is 18.7 Å². The molecule has 0 heterocycles. The van der Waals surface area contributed by atoms with E-state index in [0.717, 1.165) is 0 Å². The average Bonchev–Trinajstić information content (AvgIpc) is 2.64. The smallest absolute Gasteiger partial charge is 0.252 e. The molecule has 0 aliphatic heterocycles. The summed E-state index contributed by atoms with van der Waals surface area (Å²) in [5.74, 6) is -0.962. The lowest BCUT2D eigenvalue weighted by molar-refractivity contribution is -0.120. The highest BCUT2D eigenvalue weighted by Gasteiger charge is 2.09. The van der Waals surface area contributed by atoms with E-state index >= 15 is 0 Å². The minimum atomic E-state index is -0.337. The van der Waals surface area contributed by atoms with Crippen LogP contribution in [-0.4, -0.2) is 37.4 Å². The Morgan fingerprint density at radius 3 is 2.12 bits per heavy atom. The maximum absolute atomic E-state index is 11.9. The fourth-order valence-corrected chi connectivity index (χ4v) is 2.25. The van der Waals surface area contributed by atoms with Gasteiger partial charge in [0.05, 0.1) is 17.1 Å². The molecule has 2 rings (SSSR count). The van der Waals surface area contributed by atoms with Crippen molar-refractivity contribution in [1.29, 1.82) is 0 Å². The Morgan fingerprint density at radius 1 is 0.760 bits per heavy atom. The van der Waals surface area contributed by atoms with Crippen molar-refractivity contribution in [3.63, 3.8) is 0 Å². The van der Waals surface area contributed by atoms with Gasteiger partial charge in [0.15, 0.2) is 0 Å². The summed E-state index contributed by atoms with van der Waals surface area (Å²) >= 11 is 5.93. The van der Waals surface area contributed by atoms with E-state index < -0.39 is 0 Å². The molecule has 0 radical (unpaired) electrons. The SMILES string of the molecule is O=C(CNC(=O)c1ccccc1)NCCNC(=O)c1ccccc1Cl. The van der Waals surface area contributed by atoms with Crippen LogP contribution in [0.25, 0.3) is 0 Å². The molecule has 3 amide bonds. The molecule has 2 aromatic rings. The third kappa shape index (κ3) is 5.93. The molecule has 0 spiro atoms. The zero-order chi connectivity index (χ0) is 18.1. The first-order valence-electron chi connectivity index (χ1n) is 7.70. The largest absolute Gasteiger partial charge is 0.353 e. The van der Waals surface area contributed by atoms with Crippen LogP contribution >= 0.6 is 11.6 Å². The van der Waals surface area contributed by atoms with Crippen molar-refractivity contribution in [2.24, 2.45) is 0 Å². The first-order chi connectivity index (χ1) is 12.1. The van der Waals surface area contributed by atoms with Crippen LogP contribution in [0, 0.1) is 0 Å². The van der Waals surface area contributed by atoms with E-state index in [1.165, 1.54) is 0 Å². The predicted molar refractivity (Wildman–Crippen MR) is 95.6 cm³/mol. The molecule has 0 saturated carbocycles. The molecule has 3 N–H and O–H groups in total. The Balaban J connectivity index is 1.65. The molecule has 0 aliphatic rings. The number of hydrogen-bond donors (Lipinski definition) is 3. The average molecular weight is 360 g/mol. The van der Waals surface area contributed by atoms with Gasteiger partial charge in [-0.3, -0.25) is 14.4 Å². The molecular formula is C18H18ClN3O3. The van der Waals surface area contributed by atoms with E-state index in [1.54, 1.807) is 54.6 Å². The summed E-state index contributed by atoms with van der Waals surface area (Å²) in [7, 11) is 0. The van der Waals surface area contributed by atoms with E-state index in [2.05, 4.69) is 16.0 Å². The van der Waals surface area contributed by atoms with Gasteiger partial charge in [-0.15, -0.1) is 0 Å². The number of benzene rings is 2. The highest BCUT2D eigenvalue weighted by atomic mass is 35.5. The second kappa shape index (κ2) is 9.44. The molecule has 0 atom stereocenters. The van der Waals surface area contributed by atoms with Crippen LogP contribution in [0.2, 0.25) is 5.02 Å². The van der Waals surface area contributed by atoms with Crippen molar-refractivity contribution in [2.45, 2.75) is 0 Å². The highest BCUT2D eigenvalue weighted by Crippen LogP contribution is 2.14. The molecule has 0 unspecified atom stereocenters. The molecule has 0 aliphatic carbocycles. The third-order valence-corrected chi connectivity index (χ3v) is 3.63. The monoisotopic (exact) mass is 359 g/mol. The lowest BCUT2D eigenvalue weighted by Crippen LogP contribution is -2.40. The van der Waals surface area contributed by atoms with Gasteiger partial charge >= 0.3 is 0 Å². The van der Waals surface area contributed by atoms with Crippen molar-refractivity contribution in [3.05, 3.63) is 70.7 Å². The van der Waals surface area contributed by atoms with Crippen LogP contribution in [0.4, 0.5) is 0 Å². The quantitative estimate of drug-likeness (QED) is 0.656. The molecule has 0 saturated heterocycles. The standard InChI is InChI=1S/C18H18ClN3O3/c19-15-9-5-4-8-14(15)18(25)21-11-10-20-16(23)12-22-17(24)13-6-2-1-3-7-13/h1-9H,10-12H2,(H,20,23)(H,21,25)(H,22,24). The molecular weight excluding hydrogens is 342 g/mol. The molecule has 0 fully saturated rings. The number of carbonyl (C=O) groups excluding carboxylic acids is 3. The van der Waals surface area contributed by atoms with Gasteiger partial charge in [-0.1, -0.05) is 41.9 Å². The van der Waals surface area contributed by atoms with E-state index in [0.29, 0.717) is 16.1 Å². The zero-order valence-electron chi connectivity index (χ0n) is 13.4. The van der Waals surface area contributed by atoms with Crippen LogP contribution in [-0.2, 0) is 4.79 Å². The maximum Gasteiger partial charge on any atom is 0.252 e. The van der Waals surface area contributed by atoms with Crippen LogP contribution in [0.15, 0.2) is 54.6 Å². The summed E-state index contributed by atoms with van der Waals surface area (Å²) in [5.41, 5.74) is 0.868. The molecule has 25 heavy (non-hydrogen) atoms. The minimum absolute atomic E-state index is 0.133. The van der Waals surface area contributed by atoms with Gasteiger partial charge in [-0.05, 0) is 24.3 Å². The Kier molecular flexibility index (Phi) is 6.98. The number of hydrogen-bond acceptors (Lipinski definition) is 3. The summed E-state index contributed by atoms with van der Waals surface area (Å²) in [6.07, 6.45) is 0. The summed E-state index contributed by atoms with van der Waals surface area (Å²) in [6.45, 7) is 0.366. The number of amides is 3. The van der Waals surface area contributed by atoms with Gasteiger partial charge in [0.25, 0.3) is 11.8 Å². The van der Waals surface area contributed by atoms with Crippen LogP contribution in [0.1, 0.15) is 20.7 Å². The topological polar surface area (TPSA) is 87.3 Å². The van der Waals surface area contributed by atoms with Crippen LogP contribution in [0.3, 0.4) is 0 Å². The van der Waals surface area contributed by atoms with Gasteiger partial charge < -0.3 is 16.0 Å². The van der Waals surface area contributed by atoms with Crippen LogP contribution < -0.4 is 16.0 Å². The van der Waals surface area contributed by atoms with Gasteiger partial charge in [-0.2, -0.15) is 0 Å². The Hall–Kier alpha value is -2.86. The highest BCUT2D eigenvalue weighted by molar-refractivity contribution is 6.33. The second-order valence-corrected chi connectivity index (χ2v) is 5.54. The van der Waals surface area contributed by atoms with Crippen molar-refractivity contribution in [2.75, 3.05) is 19.6 Å². The van der Waals surface area contributed by atoms with Crippen molar-refractivity contribution in [3.8, 4) is 0 Å². The normalized spacial score (nSPS) is 9.96. The predicted octanol–water partition coefficient (Wildman–Crippen LogP) is 1.62. The fraction of sp³-hybridized carbons (Fsp3) is 0.167. The summed E-state index contributed by atoms with van der Waals surface area (Å²) in [4.78, 5) is 35.4. The molecule has 6 nitrogen and oxygen atoms in total. The van der Waals surface area contributed by atoms with Gasteiger partial charge in [0.2, 0.25) is 5.91 Å². The van der Waals surface area contributed by atoms with E-state index in [1.807, 2.05) is 0 Å². The van der Waals surface area contributed by atoms with Crippen LogP contribution in [0.5, 0.6) is 0 Å². The van der Waals surface area contributed by atoms with E-state index in [9.17, 15) is 14.4 Å². The second-order valence-electron chi connectivity index (χ2n) is 5.13. The molecule has 0 aromatic heterocycles. The molecule has 7 heteroatoms. The Morgan fingerprint density at radius 2 is 1.40 bits per heavy atom. The molecule has 130 valence electrons. The maximum atomic E-state index is 11.9. The Bertz CT molecular complexity index is 750. The van der Waals surface area contributed by atoms with Gasteiger partial charge in [0.1, 0.15) is 0 Å². The lowest BCUT2D eigenvalue weighted by atomic mass is 10.2. The summed E-state index contributed by atoms with van der Waals surface area (Å²) in [6, 6.07) is 15.3. The first-order valence-corrected chi connectivity index (χ1v) is 8.08. The number of halogens is 1. The number of rotatable bonds is 7. The van der Waals surface area contributed by atoms with E-state index in [4.69, 9.17) is 11.6 Å². The third-order valence-electron chi connectivity index (χ3n) is 3.30. The van der Waals surface area contributed by atoms with Gasteiger partial charge in [-0.25, -0.2) is 0 Å². The van der Waals surface area contributed by atoms with Crippen molar-refractivity contribution >= 4 is 29.3 Å². The number of carbonyl (C=O) groups is 3. The zero-order valence-corrected chi connectivity index (χ0v) is 14.2. The number of nitrogens with one attached hydrogen (secondary N) is 3.